The summed E-state index contributed by atoms with van der Waals surface area (Å²) in [5.41, 5.74) is 5.88. The molecule has 1 aromatic rings. The second-order valence-corrected chi connectivity index (χ2v) is 4.97. The maximum atomic E-state index is 11.0. The van der Waals surface area contributed by atoms with E-state index in [-0.39, 0.29) is 16.7 Å². The fourth-order valence-electron chi connectivity index (χ4n) is 1.06. The number of nitrogens with two attached hydrogens (primary N) is 2. The van der Waals surface area contributed by atoms with E-state index in [9.17, 15) is 8.42 Å². The molecule has 0 unspecified atom stereocenters. The van der Waals surface area contributed by atoms with Crippen LogP contribution >= 0.6 is 0 Å². The maximum absolute atomic E-state index is 11.0. The van der Waals surface area contributed by atoms with Crippen LogP contribution in [0.4, 0.5) is 5.69 Å². The van der Waals surface area contributed by atoms with Crippen molar-refractivity contribution in [1.29, 1.82) is 0 Å². The number of nitrogen functional groups attached to an aromatic ring is 1. The van der Waals surface area contributed by atoms with E-state index in [0.717, 1.165) is 0 Å². The molecule has 0 aliphatic rings. The molecule has 0 atom stereocenters. The van der Waals surface area contributed by atoms with E-state index >= 15 is 0 Å². The highest BCUT2D eigenvalue weighted by Crippen LogP contribution is 2.25. The van der Waals surface area contributed by atoms with E-state index in [4.69, 9.17) is 15.6 Å². The van der Waals surface area contributed by atoms with Gasteiger partial charge in [0.2, 0.25) is 10.0 Å². The van der Waals surface area contributed by atoms with Gasteiger partial charge >= 0.3 is 0 Å². The van der Waals surface area contributed by atoms with E-state index in [1.165, 1.54) is 18.2 Å². The standard InChI is InChI=1S/C9H14N2O3S/c1-6(2)14-9-4-3-7(5-8(9)10)15(11,12)13/h3-6H,10H2,1-2H3,(H2,11,12,13). The van der Waals surface area contributed by atoms with Gasteiger partial charge in [0.1, 0.15) is 5.75 Å². The molecular formula is C9H14N2O3S. The summed E-state index contributed by atoms with van der Waals surface area (Å²) in [5.74, 6) is 0.456. The summed E-state index contributed by atoms with van der Waals surface area (Å²) in [4.78, 5) is -0.0175. The third-order valence-corrected chi connectivity index (χ3v) is 2.58. The molecule has 0 saturated carbocycles. The third kappa shape index (κ3) is 3.10. The van der Waals surface area contributed by atoms with Crippen molar-refractivity contribution in [3.8, 4) is 5.75 Å². The predicted molar refractivity (Wildman–Crippen MR) is 58.0 cm³/mol. The Balaban J connectivity index is 3.09. The molecule has 4 N–H and O–H groups in total. The molecule has 0 aromatic heterocycles. The van der Waals surface area contributed by atoms with Gasteiger partial charge in [0, 0.05) is 0 Å². The van der Waals surface area contributed by atoms with Gasteiger partial charge in [-0.2, -0.15) is 0 Å². The van der Waals surface area contributed by atoms with Crippen LogP contribution in [-0.2, 0) is 10.0 Å². The fraction of sp³-hybridized carbons (Fsp3) is 0.333. The van der Waals surface area contributed by atoms with E-state index in [1.807, 2.05) is 13.8 Å². The summed E-state index contributed by atoms with van der Waals surface area (Å²) in [6.07, 6.45) is -0.0207. The number of ether oxygens (including phenoxy) is 1. The number of hydrogen-bond donors (Lipinski definition) is 2. The molecular weight excluding hydrogens is 216 g/mol. The van der Waals surface area contributed by atoms with Crippen LogP contribution in [0.15, 0.2) is 23.1 Å². The zero-order valence-electron chi connectivity index (χ0n) is 8.60. The number of primary sulfonamides is 1. The van der Waals surface area contributed by atoms with Crippen LogP contribution in [-0.4, -0.2) is 14.5 Å². The molecule has 0 heterocycles. The highest BCUT2D eigenvalue weighted by atomic mass is 32.2. The van der Waals surface area contributed by atoms with Crippen LogP contribution in [0.1, 0.15) is 13.8 Å². The summed E-state index contributed by atoms with van der Waals surface area (Å²) in [5, 5.41) is 4.95. The molecule has 0 spiro atoms. The number of rotatable bonds is 3. The topological polar surface area (TPSA) is 95.4 Å². The zero-order chi connectivity index (χ0) is 11.6. The van der Waals surface area contributed by atoms with E-state index in [2.05, 4.69) is 0 Å². The van der Waals surface area contributed by atoms with Crippen molar-refractivity contribution in [2.45, 2.75) is 24.8 Å². The first-order valence-electron chi connectivity index (χ1n) is 4.39. The van der Waals surface area contributed by atoms with Crippen molar-refractivity contribution < 1.29 is 13.2 Å². The van der Waals surface area contributed by atoms with E-state index in [0.29, 0.717) is 5.75 Å². The lowest BCUT2D eigenvalue weighted by molar-refractivity contribution is 0.243. The largest absolute Gasteiger partial charge is 0.489 e. The molecule has 0 aliphatic heterocycles. The minimum absolute atomic E-state index is 0.0175. The van der Waals surface area contributed by atoms with Crippen LogP contribution in [0.25, 0.3) is 0 Å². The summed E-state index contributed by atoms with van der Waals surface area (Å²) in [7, 11) is -3.71. The minimum atomic E-state index is -3.71. The average Bonchev–Trinajstić information content (AvgIpc) is 2.05. The SMILES string of the molecule is CC(C)Oc1ccc(S(N)(=O)=O)cc1N. The monoisotopic (exact) mass is 230 g/mol. The Morgan fingerprint density at radius 2 is 1.93 bits per heavy atom. The van der Waals surface area contributed by atoms with Gasteiger partial charge in [-0.25, -0.2) is 13.6 Å². The zero-order valence-corrected chi connectivity index (χ0v) is 9.41. The molecule has 5 nitrogen and oxygen atoms in total. The normalized spacial score (nSPS) is 11.7. The number of sulfonamides is 1. The van der Waals surface area contributed by atoms with Gasteiger partial charge in [-0.15, -0.1) is 0 Å². The van der Waals surface area contributed by atoms with Crippen LogP contribution in [0, 0.1) is 0 Å². The molecule has 0 amide bonds. The van der Waals surface area contributed by atoms with Crippen molar-refractivity contribution >= 4 is 15.7 Å². The summed E-state index contributed by atoms with van der Waals surface area (Å²) >= 11 is 0. The Morgan fingerprint density at radius 1 is 1.33 bits per heavy atom. The molecule has 0 radical (unpaired) electrons. The predicted octanol–water partition coefficient (Wildman–Crippen LogP) is 0.703. The summed E-state index contributed by atoms with van der Waals surface area (Å²) in [6, 6.07) is 4.14. The summed E-state index contributed by atoms with van der Waals surface area (Å²) in [6.45, 7) is 3.71. The van der Waals surface area contributed by atoms with Crippen LogP contribution in [0.3, 0.4) is 0 Å². The van der Waals surface area contributed by atoms with Crippen molar-refractivity contribution in [1.82, 2.24) is 0 Å². The van der Waals surface area contributed by atoms with Gasteiger partial charge in [-0.1, -0.05) is 0 Å². The lowest BCUT2D eigenvalue weighted by atomic mass is 10.3. The first-order chi connectivity index (χ1) is 6.80. The Kier molecular flexibility index (Phi) is 3.21. The second kappa shape index (κ2) is 4.08. The Labute approximate surface area is 89.1 Å². The van der Waals surface area contributed by atoms with Gasteiger partial charge in [-0.05, 0) is 32.0 Å². The van der Waals surface area contributed by atoms with Gasteiger partial charge in [0.15, 0.2) is 0 Å². The van der Waals surface area contributed by atoms with Crippen molar-refractivity contribution in [2.24, 2.45) is 5.14 Å². The van der Waals surface area contributed by atoms with E-state index in [1.54, 1.807) is 0 Å². The molecule has 0 saturated heterocycles. The Bertz CT molecular complexity index is 454. The molecule has 0 bridgehead atoms. The van der Waals surface area contributed by atoms with Crippen molar-refractivity contribution in [2.75, 3.05) is 5.73 Å². The van der Waals surface area contributed by atoms with Gasteiger partial charge in [0.25, 0.3) is 0 Å². The smallest absolute Gasteiger partial charge is 0.238 e. The highest BCUT2D eigenvalue weighted by molar-refractivity contribution is 7.89. The van der Waals surface area contributed by atoms with Crippen LogP contribution < -0.4 is 15.6 Å². The fourth-order valence-corrected chi connectivity index (χ4v) is 1.61. The van der Waals surface area contributed by atoms with Crippen LogP contribution in [0.2, 0.25) is 0 Å². The Morgan fingerprint density at radius 3 is 2.33 bits per heavy atom. The van der Waals surface area contributed by atoms with Gasteiger partial charge < -0.3 is 10.5 Å². The summed E-state index contributed by atoms with van der Waals surface area (Å²) < 4.78 is 27.4. The lowest BCUT2D eigenvalue weighted by Gasteiger charge is -2.12. The van der Waals surface area contributed by atoms with Crippen molar-refractivity contribution in [3.63, 3.8) is 0 Å². The minimum Gasteiger partial charge on any atom is -0.489 e. The first kappa shape index (κ1) is 11.8. The second-order valence-electron chi connectivity index (χ2n) is 3.41. The number of hydrogen-bond acceptors (Lipinski definition) is 4. The maximum Gasteiger partial charge on any atom is 0.238 e. The Hall–Kier alpha value is -1.27. The highest BCUT2D eigenvalue weighted by Gasteiger charge is 2.11. The number of benzene rings is 1. The van der Waals surface area contributed by atoms with E-state index < -0.39 is 10.0 Å². The van der Waals surface area contributed by atoms with Gasteiger partial charge in [0.05, 0.1) is 16.7 Å². The third-order valence-electron chi connectivity index (χ3n) is 1.67. The van der Waals surface area contributed by atoms with Gasteiger partial charge in [-0.3, -0.25) is 0 Å². The molecule has 1 aromatic carbocycles. The lowest BCUT2D eigenvalue weighted by Crippen LogP contribution is -2.13. The average molecular weight is 230 g/mol. The molecule has 0 aliphatic carbocycles. The molecule has 84 valence electrons. The van der Waals surface area contributed by atoms with Crippen LogP contribution in [0.5, 0.6) is 5.75 Å². The quantitative estimate of drug-likeness (QED) is 0.747. The van der Waals surface area contributed by atoms with Crippen molar-refractivity contribution in [3.05, 3.63) is 18.2 Å². The molecule has 0 fully saturated rings. The molecule has 15 heavy (non-hydrogen) atoms. The number of anilines is 1. The molecule has 1 rings (SSSR count). The molecule has 6 heteroatoms. The first-order valence-corrected chi connectivity index (χ1v) is 5.94.